The molecule has 0 radical (unpaired) electrons. The van der Waals surface area contributed by atoms with Crippen LogP contribution in [0.3, 0.4) is 0 Å². The number of benzene rings is 1. The number of hydrogen-bond donors (Lipinski definition) is 1. The number of hydrogen-bond acceptors (Lipinski definition) is 5. The van der Waals surface area contributed by atoms with Gasteiger partial charge < -0.3 is 0 Å². The number of halogens is 1. The van der Waals surface area contributed by atoms with Gasteiger partial charge in [-0.05, 0) is 17.7 Å². The molecule has 0 bridgehead atoms. The van der Waals surface area contributed by atoms with E-state index in [1.54, 1.807) is 0 Å². The zero-order chi connectivity index (χ0) is 15.4. The van der Waals surface area contributed by atoms with Gasteiger partial charge in [0.1, 0.15) is 12.0 Å². The number of carbonyl (C=O) groups excluding carboxylic acids is 1. The second-order valence-electron chi connectivity index (χ2n) is 4.01. The molecule has 108 valence electrons. The molecule has 9 heteroatoms. The maximum atomic E-state index is 12.7. The van der Waals surface area contributed by atoms with Crippen molar-refractivity contribution in [2.24, 2.45) is 12.1 Å². The van der Waals surface area contributed by atoms with Gasteiger partial charge in [0, 0.05) is 7.05 Å². The van der Waals surface area contributed by atoms with E-state index >= 15 is 0 Å². The van der Waals surface area contributed by atoms with Crippen molar-refractivity contribution in [2.75, 3.05) is 0 Å². The Morgan fingerprint density at radius 1 is 1.48 bits per heavy atom. The number of aromatic nitrogens is 2. The molecule has 8 nitrogen and oxygen atoms in total. The maximum Gasteiger partial charge on any atom is 0.320 e. The van der Waals surface area contributed by atoms with Crippen LogP contribution in [0.1, 0.15) is 16.1 Å². The molecule has 1 aromatic heterocycles. The molecule has 0 aliphatic heterocycles. The Bertz CT molecular complexity index is 708. The monoisotopic (exact) mass is 291 g/mol. The smallest absolute Gasteiger partial charge is 0.265 e. The highest BCUT2D eigenvalue weighted by Crippen LogP contribution is 2.16. The predicted molar refractivity (Wildman–Crippen MR) is 71.3 cm³/mol. The van der Waals surface area contributed by atoms with E-state index in [4.69, 9.17) is 0 Å². The van der Waals surface area contributed by atoms with Crippen molar-refractivity contribution in [3.63, 3.8) is 0 Å². The van der Waals surface area contributed by atoms with Crippen LogP contribution in [0.5, 0.6) is 0 Å². The minimum Gasteiger partial charge on any atom is -0.265 e. The average molecular weight is 291 g/mol. The third-order valence-corrected chi connectivity index (χ3v) is 2.58. The van der Waals surface area contributed by atoms with E-state index in [0.29, 0.717) is 5.56 Å². The molecule has 1 N–H and O–H groups in total. The Kier molecular flexibility index (Phi) is 4.02. The molecule has 0 unspecified atom stereocenters. The molecular formula is C12H10FN5O3. The van der Waals surface area contributed by atoms with Crippen LogP contribution in [0.4, 0.5) is 10.1 Å². The zero-order valence-electron chi connectivity index (χ0n) is 10.9. The molecule has 1 amide bonds. The van der Waals surface area contributed by atoms with E-state index in [9.17, 15) is 19.3 Å². The zero-order valence-corrected chi connectivity index (χ0v) is 10.9. The highest BCUT2D eigenvalue weighted by Gasteiger charge is 2.25. The summed E-state index contributed by atoms with van der Waals surface area (Å²) >= 11 is 0. The van der Waals surface area contributed by atoms with Gasteiger partial charge in [0.05, 0.1) is 11.1 Å². The fourth-order valence-electron chi connectivity index (χ4n) is 1.59. The summed E-state index contributed by atoms with van der Waals surface area (Å²) in [5.41, 5.74) is 2.10. The molecule has 1 aromatic carbocycles. The van der Waals surface area contributed by atoms with Gasteiger partial charge in [0.25, 0.3) is 5.91 Å². The Labute approximate surface area is 118 Å². The third-order valence-electron chi connectivity index (χ3n) is 2.58. The fraction of sp³-hybridized carbons (Fsp3) is 0.0833. The maximum absolute atomic E-state index is 12.7. The van der Waals surface area contributed by atoms with Gasteiger partial charge in [-0.1, -0.05) is 12.1 Å². The molecular weight excluding hydrogens is 281 g/mol. The lowest BCUT2D eigenvalue weighted by Gasteiger charge is -2.00. The van der Waals surface area contributed by atoms with Gasteiger partial charge in [-0.3, -0.25) is 19.6 Å². The fourth-order valence-corrected chi connectivity index (χ4v) is 1.59. The molecule has 0 fully saturated rings. The van der Waals surface area contributed by atoms with E-state index in [-0.39, 0.29) is 11.5 Å². The first-order valence-corrected chi connectivity index (χ1v) is 5.74. The average Bonchev–Trinajstić information content (AvgIpc) is 2.83. The topological polar surface area (TPSA) is 102 Å². The van der Waals surface area contributed by atoms with Crippen molar-refractivity contribution >= 4 is 17.8 Å². The van der Waals surface area contributed by atoms with Crippen molar-refractivity contribution in [1.82, 2.24) is 15.2 Å². The third kappa shape index (κ3) is 3.26. The minimum atomic E-state index is -0.764. The van der Waals surface area contributed by atoms with E-state index in [1.165, 1.54) is 37.5 Å². The number of carbonyl (C=O) groups is 1. The summed E-state index contributed by atoms with van der Waals surface area (Å²) < 4.78 is 13.8. The number of nitro groups is 1. The van der Waals surface area contributed by atoms with Gasteiger partial charge in [-0.15, -0.1) is 0 Å². The molecule has 0 atom stereocenters. The summed E-state index contributed by atoms with van der Waals surface area (Å²) in [6.45, 7) is 0. The highest BCUT2D eigenvalue weighted by molar-refractivity contribution is 5.96. The Morgan fingerprint density at radius 2 is 2.14 bits per heavy atom. The molecule has 2 rings (SSSR count). The van der Waals surface area contributed by atoms with Crippen LogP contribution in [0, 0.1) is 15.9 Å². The number of hydrazone groups is 1. The number of nitrogens with zero attached hydrogens (tertiary/aromatic N) is 4. The molecule has 0 aliphatic carbocycles. The lowest BCUT2D eigenvalue weighted by Crippen LogP contribution is -2.22. The summed E-state index contributed by atoms with van der Waals surface area (Å²) in [6.07, 6.45) is 2.28. The predicted octanol–water partition coefficient (Wildman–Crippen LogP) is 1.23. The standard InChI is InChI=1S/C12H10FN5O3/c1-17-11(10(7-15-17)18(20)21)12(19)16-14-6-8-2-4-9(13)5-3-8/h2-7H,1H3,(H,16,19)/b14-6+. The van der Waals surface area contributed by atoms with Crippen LogP contribution < -0.4 is 5.43 Å². The number of rotatable bonds is 4. The summed E-state index contributed by atoms with van der Waals surface area (Å²) in [5.74, 6) is -1.15. The minimum absolute atomic E-state index is 0.212. The molecule has 1 heterocycles. The lowest BCUT2D eigenvalue weighted by atomic mass is 10.2. The van der Waals surface area contributed by atoms with E-state index in [2.05, 4.69) is 15.6 Å². The van der Waals surface area contributed by atoms with Crippen LogP contribution in [0.15, 0.2) is 35.6 Å². The van der Waals surface area contributed by atoms with Crippen molar-refractivity contribution in [3.05, 3.63) is 57.7 Å². The summed E-state index contributed by atoms with van der Waals surface area (Å²) in [5, 5.41) is 18.1. The van der Waals surface area contributed by atoms with Crippen molar-refractivity contribution in [1.29, 1.82) is 0 Å². The van der Waals surface area contributed by atoms with E-state index < -0.39 is 16.5 Å². The van der Waals surface area contributed by atoms with Crippen molar-refractivity contribution in [2.45, 2.75) is 0 Å². The summed E-state index contributed by atoms with van der Waals surface area (Å²) in [6, 6.07) is 5.43. The SMILES string of the molecule is Cn1ncc([N+](=O)[O-])c1C(=O)N/N=C/c1ccc(F)cc1. The Morgan fingerprint density at radius 3 is 2.76 bits per heavy atom. The molecule has 0 spiro atoms. The van der Waals surface area contributed by atoms with Crippen LogP contribution in [0.25, 0.3) is 0 Å². The summed E-state index contributed by atoms with van der Waals surface area (Å²) in [7, 11) is 1.41. The Hall–Kier alpha value is -3.10. The first kappa shape index (κ1) is 14.3. The van der Waals surface area contributed by atoms with Crippen molar-refractivity contribution < 1.29 is 14.1 Å². The quantitative estimate of drug-likeness (QED) is 0.520. The molecule has 2 aromatic rings. The van der Waals surface area contributed by atoms with Gasteiger partial charge in [-0.25, -0.2) is 9.82 Å². The molecule has 21 heavy (non-hydrogen) atoms. The second-order valence-corrected chi connectivity index (χ2v) is 4.01. The molecule has 0 saturated carbocycles. The number of aryl methyl sites for hydroxylation is 1. The van der Waals surface area contributed by atoms with E-state index in [1.807, 2.05) is 0 Å². The van der Waals surface area contributed by atoms with Crippen LogP contribution >= 0.6 is 0 Å². The summed E-state index contributed by atoms with van der Waals surface area (Å²) in [4.78, 5) is 21.9. The normalized spacial score (nSPS) is 10.8. The van der Waals surface area contributed by atoms with Crippen molar-refractivity contribution in [3.8, 4) is 0 Å². The first-order chi connectivity index (χ1) is 9.99. The van der Waals surface area contributed by atoms with E-state index in [0.717, 1.165) is 10.9 Å². The first-order valence-electron chi connectivity index (χ1n) is 5.74. The molecule has 0 saturated heterocycles. The lowest BCUT2D eigenvalue weighted by molar-refractivity contribution is -0.385. The van der Waals surface area contributed by atoms with Crippen LogP contribution in [0.2, 0.25) is 0 Å². The highest BCUT2D eigenvalue weighted by atomic mass is 19.1. The Balaban J connectivity index is 2.10. The second kappa shape index (κ2) is 5.90. The van der Waals surface area contributed by atoms with Gasteiger partial charge >= 0.3 is 5.69 Å². The van der Waals surface area contributed by atoms with Gasteiger partial charge in [0.15, 0.2) is 0 Å². The van der Waals surface area contributed by atoms with Gasteiger partial charge in [-0.2, -0.15) is 10.2 Å². The number of amides is 1. The van der Waals surface area contributed by atoms with Crippen LogP contribution in [-0.4, -0.2) is 26.8 Å². The van der Waals surface area contributed by atoms with Crippen LogP contribution in [-0.2, 0) is 7.05 Å². The number of nitrogens with one attached hydrogen (secondary N) is 1. The molecule has 0 aliphatic rings. The largest absolute Gasteiger partial charge is 0.320 e. The van der Waals surface area contributed by atoms with Gasteiger partial charge in [0.2, 0.25) is 5.69 Å².